The number of aliphatic imine (C=N–C) groups is 1. The largest absolute Gasteiger partial charge is 0.494 e. The third kappa shape index (κ3) is 4.66. The highest BCUT2D eigenvalue weighted by Gasteiger charge is 2.24. The fourth-order valence-electron chi connectivity index (χ4n) is 3.69. The van der Waals surface area contributed by atoms with Crippen molar-refractivity contribution >= 4 is 22.6 Å². The van der Waals surface area contributed by atoms with Crippen molar-refractivity contribution in [1.82, 2.24) is 14.5 Å². The predicted molar refractivity (Wildman–Crippen MR) is 123 cm³/mol. The Kier molecular flexibility index (Phi) is 7.29. The number of hydrogen-bond donors (Lipinski definition) is 3. The predicted octanol–water partition coefficient (Wildman–Crippen LogP) is 2.51. The Morgan fingerprint density at radius 1 is 1.25 bits per heavy atom. The minimum absolute atomic E-state index is 0.101. The zero-order valence-corrected chi connectivity index (χ0v) is 18.5. The smallest absolute Gasteiger partial charge is 0.331 e. The molecule has 0 aliphatic rings. The van der Waals surface area contributed by atoms with Crippen LogP contribution in [0.1, 0.15) is 44.2 Å². The number of aromatic amines is 2. The van der Waals surface area contributed by atoms with Crippen LogP contribution >= 0.6 is 0 Å². The van der Waals surface area contributed by atoms with Gasteiger partial charge in [-0.25, -0.2) is 9.59 Å². The molecule has 3 N–H and O–H groups in total. The van der Waals surface area contributed by atoms with Crippen molar-refractivity contribution in [2.45, 2.75) is 52.1 Å². The second-order valence-electron chi connectivity index (χ2n) is 7.50. The first-order chi connectivity index (χ1) is 15.4. The van der Waals surface area contributed by atoms with Crippen LogP contribution in [0.25, 0.3) is 10.9 Å². The van der Waals surface area contributed by atoms with E-state index in [4.69, 9.17) is 4.74 Å². The summed E-state index contributed by atoms with van der Waals surface area (Å²) < 4.78 is 6.07. The van der Waals surface area contributed by atoms with Crippen molar-refractivity contribution in [1.29, 1.82) is 0 Å². The topological polar surface area (TPSA) is 130 Å². The average molecular weight is 441 g/mol. The van der Waals surface area contributed by atoms with E-state index in [9.17, 15) is 19.5 Å². The Bertz CT molecular complexity index is 1250. The number of carbonyl (C=O) groups excluding carboxylic acids is 1. The Labute approximate surface area is 184 Å². The van der Waals surface area contributed by atoms with Gasteiger partial charge in [-0.1, -0.05) is 38.5 Å². The number of aromatic hydroxyl groups is 1. The summed E-state index contributed by atoms with van der Waals surface area (Å²) in [5.41, 5.74) is 0.518. The first-order valence-corrected chi connectivity index (χ1v) is 10.7. The number of para-hydroxylation sites is 1. The molecule has 0 aliphatic heterocycles. The lowest BCUT2D eigenvalue weighted by Crippen LogP contribution is -2.35. The van der Waals surface area contributed by atoms with E-state index < -0.39 is 29.1 Å². The van der Waals surface area contributed by atoms with Crippen LogP contribution in [0.4, 0.5) is 0 Å². The molecule has 2 aromatic heterocycles. The maximum atomic E-state index is 12.6. The first kappa shape index (κ1) is 23.1. The van der Waals surface area contributed by atoms with Crippen LogP contribution in [0.3, 0.4) is 0 Å². The second kappa shape index (κ2) is 10.1. The molecule has 9 nitrogen and oxygen atoms in total. The van der Waals surface area contributed by atoms with Crippen molar-refractivity contribution in [3.05, 3.63) is 62.4 Å². The van der Waals surface area contributed by atoms with E-state index in [2.05, 4.69) is 15.0 Å². The molecule has 0 spiro atoms. The molecule has 170 valence electrons. The van der Waals surface area contributed by atoms with Gasteiger partial charge in [0.1, 0.15) is 5.56 Å². The number of H-pyrrole nitrogens is 2. The third-order valence-corrected chi connectivity index (χ3v) is 5.40. The van der Waals surface area contributed by atoms with Crippen LogP contribution < -0.4 is 11.2 Å². The van der Waals surface area contributed by atoms with Crippen LogP contribution in [-0.2, 0) is 22.5 Å². The number of hydrogen-bond acceptors (Lipinski definition) is 6. The van der Waals surface area contributed by atoms with E-state index in [-0.39, 0.29) is 30.7 Å². The van der Waals surface area contributed by atoms with Crippen LogP contribution in [0.2, 0.25) is 0 Å². The molecule has 0 aliphatic carbocycles. The van der Waals surface area contributed by atoms with E-state index >= 15 is 0 Å². The maximum Gasteiger partial charge on any atom is 0.331 e. The van der Waals surface area contributed by atoms with Gasteiger partial charge in [0, 0.05) is 30.1 Å². The molecule has 0 fully saturated rings. The molecular formula is C23H28N4O5. The van der Waals surface area contributed by atoms with Crippen molar-refractivity contribution in [3.8, 4) is 5.88 Å². The van der Waals surface area contributed by atoms with Gasteiger partial charge in [0.15, 0.2) is 6.04 Å². The lowest BCUT2D eigenvalue weighted by atomic mass is 10.0. The van der Waals surface area contributed by atoms with Gasteiger partial charge in [-0.15, -0.1) is 0 Å². The number of esters is 1. The summed E-state index contributed by atoms with van der Waals surface area (Å²) in [7, 11) is 1.28. The monoisotopic (exact) mass is 440 g/mol. The van der Waals surface area contributed by atoms with Gasteiger partial charge in [0.25, 0.3) is 5.56 Å². The molecule has 0 amide bonds. The van der Waals surface area contributed by atoms with Crippen LogP contribution in [0.5, 0.6) is 5.88 Å². The highest BCUT2D eigenvalue weighted by Crippen LogP contribution is 2.21. The molecule has 0 saturated heterocycles. The van der Waals surface area contributed by atoms with Crippen LogP contribution in [-0.4, -0.2) is 44.5 Å². The molecule has 0 unspecified atom stereocenters. The number of fused-ring (bicyclic) bond motifs is 1. The van der Waals surface area contributed by atoms with Crippen LogP contribution in [0, 0.1) is 0 Å². The molecule has 0 saturated carbocycles. The highest BCUT2D eigenvalue weighted by atomic mass is 16.5. The molecular weight excluding hydrogens is 412 g/mol. The minimum atomic E-state index is -0.927. The maximum absolute atomic E-state index is 12.6. The van der Waals surface area contributed by atoms with Crippen LogP contribution in [0.15, 0.2) is 45.0 Å². The second-order valence-corrected chi connectivity index (χ2v) is 7.50. The Balaban J connectivity index is 2.07. The van der Waals surface area contributed by atoms with Crippen molar-refractivity contribution in [2.24, 2.45) is 4.99 Å². The molecule has 0 radical (unpaired) electrons. The number of aromatic nitrogens is 3. The van der Waals surface area contributed by atoms with Gasteiger partial charge < -0.3 is 14.8 Å². The highest BCUT2D eigenvalue weighted by molar-refractivity contribution is 6.03. The molecule has 1 aromatic carbocycles. The van der Waals surface area contributed by atoms with Gasteiger partial charge in [-0.05, 0) is 24.5 Å². The van der Waals surface area contributed by atoms with Crippen molar-refractivity contribution < 1.29 is 14.6 Å². The number of nitrogens with one attached hydrogen (secondary N) is 2. The number of benzene rings is 1. The number of nitrogens with zero attached hydrogens (tertiary/aromatic N) is 2. The fourth-order valence-corrected chi connectivity index (χ4v) is 3.69. The zero-order chi connectivity index (χ0) is 23.3. The van der Waals surface area contributed by atoms with E-state index in [0.717, 1.165) is 27.5 Å². The zero-order valence-electron chi connectivity index (χ0n) is 18.5. The van der Waals surface area contributed by atoms with Gasteiger partial charge in [-0.2, -0.15) is 0 Å². The normalized spacial score (nSPS) is 12.8. The van der Waals surface area contributed by atoms with E-state index in [1.807, 2.05) is 37.4 Å². The summed E-state index contributed by atoms with van der Waals surface area (Å²) in [6, 6.07) is 6.77. The third-order valence-electron chi connectivity index (χ3n) is 5.40. The molecule has 0 bridgehead atoms. The van der Waals surface area contributed by atoms with Gasteiger partial charge in [-0.3, -0.25) is 19.3 Å². The lowest BCUT2D eigenvalue weighted by Gasteiger charge is -2.15. The number of unbranched alkanes of at least 4 members (excludes halogenated alkanes) is 1. The summed E-state index contributed by atoms with van der Waals surface area (Å²) >= 11 is 0. The van der Waals surface area contributed by atoms with Gasteiger partial charge in [0.2, 0.25) is 5.88 Å². The summed E-state index contributed by atoms with van der Waals surface area (Å²) in [6.45, 7) is 3.98. The first-order valence-electron chi connectivity index (χ1n) is 10.7. The summed E-state index contributed by atoms with van der Waals surface area (Å²) in [5.74, 6) is -1.00. The number of methoxy groups -OCH3 is 1. The molecule has 2 heterocycles. The molecule has 3 aromatic rings. The van der Waals surface area contributed by atoms with E-state index in [1.54, 1.807) is 6.92 Å². The fraction of sp³-hybridized carbons (Fsp3) is 0.391. The SMILES string of the molecule is CCCCn1c(O)c(C(CC)=N[C@H](Cc2c[nH]c3ccccc23)C(=O)OC)c(=O)[nH]c1=O. The van der Waals surface area contributed by atoms with E-state index in [0.29, 0.717) is 6.42 Å². The Hall–Kier alpha value is -3.62. The van der Waals surface area contributed by atoms with Crippen molar-refractivity contribution in [2.75, 3.05) is 7.11 Å². The summed E-state index contributed by atoms with van der Waals surface area (Å²) in [5, 5.41) is 11.7. The molecule has 3 rings (SSSR count). The summed E-state index contributed by atoms with van der Waals surface area (Å²) in [4.78, 5) is 47.2. The lowest BCUT2D eigenvalue weighted by molar-refractivity contribution is -0.142. The summed E-state index contributed by atoms with van der Waals surface area (Å²) in [6.07, 6.45) is 3.79. The van der Waals surface area contributed by atoms with Crippen molar-refractivity contribution in [3.63, 3.8) is 0 Å². The standard InChI is InChI=1S/C23H28N4O5/c1-4-6-11-27-21(29)19(20(28)26-23(27)31)16(5-2)25-18(22(30)32-3)12-14-13-24-17-10-8-7-9-15(14)17/h7-10,13,18,24,29H,4-6,11-12H2,1-3H3,(H,26,28,31)/t18-/m1/s1. The number of rotatable bonds is 9. The van der Waals surface area contributed by atoms with Gasteiger partial charge >= 0.3 is 11.7 Å². The molecule has 1 atom stereocenters. The molecule has 32 heavy (non-hydrogen) atoms. The number of ether oxygens (including phenoxy) is 1. The average Bonchev–Trinajstić information content (AvgIpc) is 3.19. The van der Waals surface area contributed by atoms with E-state index in [1.165, 1.54) is 7.11 Å². The Morgan fingerprint density at radius 2 is 2.00 bits per heavy atom. The van der Waals surface area contributed by atoms with Gasteiger partial charge in [0.05, 0.1) is 12.8 Å². The quantitative estimate of drug-likeness (QED) is 0.348. The Morgan fingerprint density at radius 3 is 2.69 bits per heavy atom. The number of carbonyl (C=O) groups is 1. The minimum Gasteiger partial charge on any atom is -0.494 e. The molecule has 9 heteroatoms.